The summed E-state index contributed by atoms with van der Waals surface area (Å²) in [5.74, 6) is -0.883. The molecule has 0 aromatic heterocycles. The summed E-state index contributed by atoms with van der Waals surface area (Å²) in [6.45, 7) is -0.585. The molecule has 144 valence electrons. The summed E-state index contributed by atoms with van der Waals surface area (Å²) in [7, 11) is -1.22. The van der Waals surface area contributed by atoms with Crippen molar-refractivity contribution in [2.75, 3.05) is 26.1 Å². The molecule has 0 aliphatic heterocycles. The third-order valence-corrected chi connectivity index (χ3v) is 4.32. The summed E-state index contributed by atoms with van der Waals surface area (Å²) >= 11 is 0. The number of primary sulfonamides is 1. The summed E-state index contributed by atoms with van der Waals surface area (Å²) in [5, 5.41) is 7.60. The quantitative estimate of drug-likeness (QED) is 0.673. The van der Waals surface area contributed by atoms with Gasteiger partial charge in [-0.25, -0.2) is 18.4 Å². The Morgan fingerprint density at radius 1 is 1.07 bits per heavy atom. The predicted octanol–water partition coefficient (Wildman–Crippen LogP) is 1.15. The van der Waals surface area contributed by atoms with E-state index < -0.39 is 28.5 Å². The molecule has 3 N–H and O–H groups in total. The van der Waals surface area contributed by atoms with Crippen LogP contribution in [0.3, 0.4) is 0 Å². The number of benzene rings is 2. The molecule has 0 fully saturated rings. The fourth-order valence-electron chi connectivity index (χ4n) is 2.13. The zero-order valence-corrected chi connectivity index (χ0v) is 15.4. The molecule has 2 rings (SSSR count). The van der Waals surface area contributed by atoms with Gasteiger partial charge in [-0.3, -0.25) is 4.79 Å². The molecule has 1 amide bonds. The number of hydrogen-bond acceptors (Lipinski definition) is 7. The first kappa shape index (κ1) is 20.2. The van der Waals surface area contributed by atoms with Crippen LogP contribution in [-0.4, -0.2) is 41.1 Å². The molecule has 0 aliphatic rings. The highest BCUT2D eigenvalue weighted by Gasteiger charge is 2.19. The Kier molecular flexibility index (Phi) is 6.37. The Labute approximate surface area is 156 Å². The minimum atomic E-state index is -4.02. The van der Waals surface area contributed by atoms with Gasteiger partial charge in [0.05, 0.1) is 19.1 Å². The van der Waals surface area contributed by atoms with Gasteiger partial charge < -0.3 is 19.5 Å². The van der Waals surface area contributed by atoms with E-state index in [1.807, 2.05) is 0 Å². The average Bonchev–Trinajstić information content (AvgIpc) is 2.65. The lowest BCUT2D eigenvalue weighted by molar-refractivity contribution is -0.119. The third-order valence-electron chi connectivity index (χ3n) is 3.41. The number of esters is 1. The summed E-state index contributed by atoms with van der Waals surface area (Å²) in [6, 6.07) is 10.1. The van der Waals surface area contributed by atoms with Gasteiger partial charge in [-0.15, -0.1) is 0 Å². The van der Waals surface area contributed by atoms with E-state index in [4.69, 9.17) is 19.3 Å². The normalized spacial score (nSPS) is 10.8. The number of hydrogen-bond donors (Lipinski definition) is 2. The molecule has 0 saturated carbocycles. The fraction of sp³-hybridized carbons (Fsp3) is 0.176. The predicted molar refractivity (Wildman–Crippen MR) is 96.3 cm³/mol. The van der Waals surface area contributed by atoms with Crippen molar-refractivity contribution in [2.45, 2.75) is 4.90 Å². The average molecular weight is 394 g/mol. The van der Waals surface area contributed by atoms with E-state index in [1.165, 1.54) is 26.4 Å². The highest BCUT2D eigenvalue weighted by atomic mass is 32.2. The van der Waals surface area contributed by atoms with Crippen LogP contribution in [0, 0.1) is 0 Å². The van der Waals surface area contributed by atoms with Crippen molar-refractivity contribution in [2.24, 2.45) is 5.14 Å². The maximum atomic E-state index is 12.2. The number of carbonyl (C=O) groups is 2. The number of sulfonamides is 1. The van der Waals surface area contributed by atoms with Gasteiger partial charge in [0.2, 0.25) is 10.0 Å². The minimum absolute atomic E-state index is 0.0839. The van der Waals surface area contributed by atoms with Crippen molar-refractivity contribution in [3.8, 4) is 11.5 Å². The van der Waals surface area contributed by atoms with Crippen molar-refractivity contribution in [3.05, 3.63) is 48.0 Å². The topological polar surface area (TPSA) is 134 Å². The summed E-state index contributed by atoms with van der Waals surface area (Å²) in [5.41, 5.74) is 0.294. The smallest absolute Gasteiger partial charge is 0.342 e. The Morgan fingerprint density at radius 2 is 1.81 bits per heavy atom. The molecule has 0 saturated heterocycles. The summed E-state index contributed by atoms with van der Waals surface area (Å²) in [4.78, 5) is 23.9. The summed E-state index contributed by atoms with van der Waals surface area (Å²) < 4.78 is 37.9. The van der Waals surface area contributed by atoms with Crippen molar-refractivity contribution in [1.29, 1.82) is 0 Å². The van der Waals surface area contributed by atoms with E-state index >= 15 is 0 Å². The maximum absolute atomic E-state index is 12.2. The van der Waals surface area contributed by atoms with Crippen LogP contribution in [0.4, 0.5) is 5.69 Å². The van der Waals surface area contributed by atoms with Gasteiger partial charge in [0.1, 0.15) is 17.1 Å². The van der Waals surface area contributed by atoms with Crippen molar-refractivity contribution in [1.82, 2.24) is 0 Å². The molecule has 27 heavy (non-hydrogen) atoms. The zero-order valence-electron chi connectivity index (χ0n) is 14.6. The Hall–Kier alpha value is -3.11. The molecule has 0 spiro atoms. The molecule has 10 heteroatoms. The first-order valence-electron chi connectivity index (χ1n) is 7.56. The fourth-order valence-corrected chi connectivity index (χ4v) is 2.67. The number of rotatable bonds is 7. The number of amides is 1. The largest absolute Gasteiger partial charge is 0.497 e. The lowest BCUT2D eigenvalue weighted by Gasteiger charge is -2.11. The Balaban J connectivity index is 2.07. The van der Waals surface area contributed by atoms with Crippen molar-refractivity contribution >= 4 is 27.6 Å². The lowest BCUT2D eigenvalue weighted by Crippen LogP contribution is -2.21. The minimum Gasteiger partial charge on any atom is -0.497 e. The van der Waals surface area contributed by atoms with Crippen molar-refractivity contribution in [3.63, 3.8) is 0 Å². The van der Waals surface area contributed by atoms with E-state index in [0.29, 0.717) is 11.4 Å². The molecule has 9 nitrogen and oxygen atoms in total. The van der Waals surface area contributed by atoms with E-state index in [1.54, 1.807) is 24.3 Å². The van der Waals surface area contributed by atoms with Crippen LogP contribution in [-0.2, 0) is 19.6 Å². The molecular weight excluding hydrogens is 376 g/mol. The molecular formula is C17H18N2O7S. The monoisotopic (exact) mass is 394 g/mol. The van der Waals surface area contributed by atoms with E-state index in [0.717, 1.165) is 6.07 Å². The standard InChI is InChI=1S/C17H18N2O7S/c1-24-12-5-3-4-11(8-12)19-16(20)10-26-17(21)14-9-13(27(18,22)23)6-7-15(14)25-2/h3-9H,10H2,1-2H3,(H,19,20)(H2,18,22,23). The van der Waals surface area contributed by atoms with Gasteiger partial charge >= 0.3 is 5.97 Å². The Morgan fingerprint density at radius 3 is 2.44 bits per heavy atom. The number of nitrogens with two attached hydrogens (primary N) is 1. The molecule has 0 aliphatic carbocycles. The van der Waals surface area contributed by atoms with Gasteiger partial charge in [-0.1, -0.05) is 6.07 Å². The SMILES string of the molecule is COc1cccc(NC(=O)COC(=O)c2cc(S(N)(=O)=O)ccc2OC)c1. The first-order valence-corrected chi connectivity index (χ1v) is 9.11. The second-order valence-corrected chi connectivity index (χ2v) is 6.82. The van der Waals surface area contributed by atoms with Gasteiger partial charge in [0, 0.05) is 11.8 Å². The van der Waals surface area contributed by atoms with Crippen LogP contribution in [0.25, 0.3) is 0 Å². The van der Waals surface area contributed by atoms with Crippen LogP contribution in [0.2, 0.25) is 0 Å². The van der Waals surface area contributed by atoms with Gasteiger partial charge in [-0.2, -0.15) is 0 Å². The second kappa shape index (κ2) is 8.52. The zero-order chi connectivity index (χ0) is 20.0. The van der Waals surface area contributed by atoms with Crippen molar-refractivity contribution < 1.29 is 32.2 Å². The molecule has 0 bridgehead atoms. The summed E-state index contributed by atoms with van der Waals surface area (Å²) in [6.07, 6.45) is 0. The van der Waals surface area contributed by atoms with Gasteiger partial charge in [0.15, 0.2) is 6.61 Å². The van der Waals surface area contributed by atoms with E-state index in [9.17, 15) is 18.0 Å². The van der Waals surface area contributed by atoms with Crippen LogP contribution in [0.1, 0.15) is 10.4 Å². The van der Waals surface area contributed by atoms with E-state index in [-0.39, 0.29) is 16.2 Å². The second-order valence-electron chi connectivity index (χ2n) is 5.26. The molecule has 2 aromatic carbocycles. The van der Waals surface area contributed by atoms with Crippen LogP contribution >= 0.6 is 0 Å². The number of anilines is 1. The molecule has 0 atom stereocenters. The number of ether oxygens (including phenoxy) is 3. The highest BCUT2D eigenvalue weighted by Crippen LogP contribution is 2.23. The Bertz CT molecular complexity index is 958. The third kappa shape index (κ3) is 5.43. The molecule has 2 aromatic rings. The van der Waals surface area contributed by atoms with Crippen LogP contribution in [0.5, 0.6) is 11.5 Å². The van der Waals surface area contributed by atoms with Crippen LogP contribution in [0.15, 0.2) is 47.4 Å². The highest BCUT2D eigenvalue weighted by molar-refractivity contribution is 7.89. The van der Waals surface area contributed by atoms with Crippen LogP contribution < -0.4 is 19.9 Å². The molecule has 0 radical (unpaired) electrons. The number of methoxy groups -OCH3 is 2. The number of nitrogens with one attached hydrogen (secondary N) is 1. The lowest BCUT2D eigenvalue weighted by atomic mass is 10.2. The molecule has 0 heterocycles. The number of carbonyl (C=O) groups excluding carboxylic acids is 2. The maximum Gasteiger partial charge on any atom is 0.342 e. The molecule has 0 unspecified atom stereocenters. The van der Waals surface area contributed by atoms with Gasteiger partial charge in [0.25, 0.3) is 5.91 Å². The van der Waals surface area contributed by atoms with Gasteiger partial charge in [-0.05, 0) is 30.3 Å². The van der Waals surface area contributed by atoms with E-state index in [2.05, 4.69) is 5.32 Å². The first-order chi connectivity index (χ1) is 12.7.